The highest BCUT2D eigenvalue weighted by molar-refractivity contribution is 7.84. The Labute approximate surface area is 107 Å². The number of carboxylic acid groups (broad SMARTS) is 1. The van der Waals surface area contributed by atoms with Gasteiger partial charge in [0.1, 0.15) is 0 Å². The lowest BCUT2D eigenvalue weighted by molar-refractivity contribution is 0.0698. The molecule has 0 aliphatic heterocycles. The van der Waals surface area contributed by atoms with Crippen molar-refractivity contribution in [3.05, 3.63) is 28.8 Å². The zero-order chi connectivity index (χ0) is 12.8. The fourth-order valence-electron chi connectivity index (χ4n) is 1.29. The monoisotopic (exact) mass is 275 g/mol. The summed E-state index contributed by atoms with van der Waals surface area (Å²) in [6.07, 6.45) is 0. The van der Waals surface area contributed by atoms with E-state index in [-0.39, 0.29) is 5.56 Å². The molecule has 1 aromatic carbocycles. The number of anilines is 1. The number of hydrogen-bond donors (Lipinski definition) is 2. The molecule has 0 aliphatic rings. The predicted octanol–water partition coefficient (Wildman–Crippen LogP) is 2.22. The number of carboxylic acids is 1. The number of aromatic carboxylic acids is 1. The van der Waals surface area contributed by atoms with Gasteiger partial charge in [0.2, 0.25) is 0 Å². The second-order valence-corrected chi connectivity index (χ2v) is 5.66. The van der Waals surface area contributed by atoms with Crippen molar-refractivity contribution in [3.8, 4) is 0 Å². The second kappa shape index (κ2) is 6.61. The van der Waals surface area contributed by atoms with Gasteiger partial charge in [0.25, 0.3) is 0 Å². The Morgan fingerprint density at radius 2 is 2.24 bits per heavy atom. The maximum absolute atomic E-state index is 11.2. The van der Waals surface area contributed by atoms with Gasteiger partial charge in [-0.2, -0.15) is 0 Å². The Bertz CT molecular complexity index is 437. The summed E-state index contributed by atoms with van der Waals surface area (Å²) >= 11 is 5.73. The third-order valence-corrected chi connectivity index (χ3v) is 3.72. The van der Waals surface area contributed by atoms with Crippen molar-refractivity contribution < 1.29 is 14.1 Å². The van der Waals surface area contributed by atoms with Crippen molar-refractivity contribution in [3.63, 3.8) is 0 Å². The van der Waals surface area contributed by atoms with E-state index in [1.165, 1.54) is 6.07 Å². The molecule has 4 nitrogen and oxygen atoms in total. The van der Waals surface area contributed by atoms with Gasteiger partial charge in [0.15, 0.2) is 0 Å². The second-order valence-electron chi connectivity index (χ2n) is 3.35. The van der Waals surface area contributed by atoms with Crippen LogP contribution in [0.1, 0.15) is 17.3 Å². The van der Waals surface area contributed by atoms with Gasteiger partial charge in [-0.25, -0.2) is 4.79 Å². The van der Waals surface area contributed by atoms with E-state index in [4.69, 9.17) is 16.7 Å². The predicted molar refractivity (Wildman–Crippen MR) is 70.5 cm³/mol. The van der Waals surface area contributed by atoms with E-state index in [9.17, 15) is 9.00 Å². The highest BCUT2D eigenvalue weighted by Gasteiger charge is 2.10. The van der Waals surface area contributed by atoms with Crippen LogP contribution in [0.25, 0.3) is 0 Å². The highest BCUT2D eigenvalue weighted by Crippen LogP contribution is 2.20. The summed E-state index contributed by atoms with van der Waals surface area (Å²) in [4.78, 5) is 11.0. The molecule has 1 unspecified atom stereocenters. The number of benzene rings is 1. The van der Waals surface area contributed by atoms with Crippen LogP contribution in [0.2, 0.25) is 5.02 Å². The first-order chi connectivity index (χ1) is 8.04. The molecule has 0 aliphatic carbocycles. The topological polar surface area (TPSA) is 66.4 Å². The van der Waals surface area contributed by atoms with Crippen LogP contribution in [0.15, 0.2) is 18.2 Å². The minimum absolute atomic E-state index is 0.125. The molecule has 1 aromatic rings. The minimum atomic E-state index is -1.04. The van der Waals surface area contributed by atoms with E-state index in [1.807, 2.05) is 6.92 Å². The largest absolute Gasteiger partial charge is 0.478 e. The minimum Gasteiger partial charge on any atom is -0.478 e. The van der Waals surface area contributed by atoms with Crippen LogP contribution >= 0.6 is 11.6 Å². The van der Waals surface area contributed by atoms with Crippen molar-refractivity contribution in [2.75, 3.05) is 23.4 Å². The summed E-state index contributed by atoms with van der Waals surface area (Å²) in [5.41, 5.74) is 0.620. The quantitative estimate of drug-likeness (QED) is 0.835. The third-order valence-electron chi connectivity index (χ3n) is 2.18. The van der Waals surface area contributed by atoms with Gasteiger partial charge in [-0.3, -0.25) is 4.21 Å². The van der Waals surface area contributed by atoms with Gasteiger partial charge in [-0.05, 0) is 18.2 Å². The Morgan fingerprint density at radius 1 is 1.53 bits per heavy atom. The van der Waals surface area contributed by atoms with Crippen molar-refractivity contribution in [1.29, 1.82) is 0 Å². The lowest BCUT2D eigenvalue weighted by atomic mass is 10.2. The molecule has 0 amide bonds. The van der Waals surface area contributed by atoms with Crippen molar-refractivity contribution in [2.45, 2.75) is 6.92 Å². The first kappa shape index (κ1) is 14.0. The van der Waals surface area contributed by atoms with E-state index in [2.05, 4.69) is 5.32 Å². The zero-order valence-electron chi connectivity index (χ0n) is 9.40. The van der Waals surface area contributed by atoms with Crippen LogP contribution in [0.4, 0.5) is 5.69 Å². The summed E-state index contributed by atoms with van der Waals surface area (Å²) in [5.74, 6) is 0.0679. The van der Waals surface area contributed by atoms with Gasteiger partial charge < -0.3 is 10.4 Å². The van der Waals surface area contributed by atoms with Crippen molar-refractivity contribution in [2.24, 2.45) is 0 Å². The molecule has 0 spiro atoms. The Balaban J connectivity index is 2.70. The fraction of sp³-hybridized carbons (Fsp3) is 0.364. The number of halogens is 1. The molecule has 17 heavy (non-hydrogen) atoms. The Kier molecular flexibility index (Phi) is 5.44. The lowest BCUT2D eigenvalue weighted by Gasteiger charge is -2.09. The van der Waals surface area contributed by atoms with E-state index < -0.39 is 16.8 Å². The van der Waals surface area contributed by atoms with Gasteiger partial charge in [0.05, 0.1) is 5.56 Å². The average Bonchev–Trinajstić information content (AvgIpc) is 2.30. The Hall–Kier alpha value is -1.07. The van der Waals surface area contributed by atoms with Gasteiger partial charge in [-0.15, -0.1) is 0 Å². The maximum Gasteiger partial charge on any atom is 0.337 e. The smallest absolute Gasteiger partial charge is 0.337 e. The van der Waals surface area contributed by atoms with Gasteiger partial charge in [-0.1, -0.05) is 18.5 Å². The summed E-state index contributed by atoms with van der Waals surface area (Å²) in [6, 6.07) is 4.62. The molecule has 0 heterocycles. The molecule has 94 valence electrons. The molecule has 1 atom stereocenters. The first-order valence-corrected chi connectivity index (χ1v) is 7.03. The molecule has 0 saturated heterocycles. The van der Waals surface area contributed by atoms with Crippen molar-refractivity contribution in [1.82, 2.24) is 0 Å². The Morgan fingerprint density at radius 3 is 2.82 bits per heavy atom. The molecule has 0 fully saturated rings. The van der Waals surface area contributed by atoms with E-state index in [0.29, 0.717) is 28.8 Å². The molecular formula is C11H14ClNO3S. The summed E-state index contributed by atoms with van der Waals surface area (Å²) in [7, 11) is -0.858. The summed E-state index contributed by atoms with van der Waals surface area (Å²) < 4.78 is 11.2. The van der Waals surface area contributed by atoms with Crippen LogP contribution in [0, 0.1) is 0 Å². The fourth-order valence-corrected chi connectivity index (χ4v) is 2.08. The van der Waals surface area contributed by atoms with E-state index in [0.717, 1.165) is 0 Å². The average molecular weight is 276 g/mol. The van der Waals surface area contributed by atoms with Crippen LogP contribution in [0.3, 0.4) is 0 Å². The summed E-state index contributed by atoms with van der Waals surface area (Å²) in [6.45, 7) is 2.32. The first-order valence-electron chi connectivity index (χ1n) is 5.16. The molecule has 1 rings (SSSR count). The molecule has 2 N–H and O–H groups in total. The van der Waals surface area contributed by atoms with Gasteiger partial charge in [0, 0.05) is 39.6 Å². The van der Waals surface area contributed by atoms with Crippen LogP contribution in [0.5, 0.6) is 0 Å². The van der Waals surface area contributed by atoms with Crippen LogP contribution in [-0.2, 0) is 10.8 Å². The van der Waals surface area contributed by atoms with Crippen LogP contribution in [-0.4, -0.2) is 33.3 Å². The lowest BCUT2D eigenvalue weighted by Crippen LogP contribution is -2.14. The van der Waals surface area contributed by atoms with Crippen LogP contribution < -0.4 is 5.32 Å². The van der Waals surface area contributed by atoms with E-state index in [1.54, 1.807) is 12.1 Å². The number of carbonyl (C=O) groups is 1. The molecular weight excluding hydrogens is 262 g/mol. The number of hydrogen-bond acceptors (Lipinski definition) is 3. The molecule has 0 aromatic heterocycles. The maximum atomic E-state index is 11.2. The molecule has 0 saturated carbocycles. The molecule has 0 bridgehead atoms. The normalized spacial score (nSPS) is 12.1. The highest BCUT2D eigenvalue weighted by atomic mass is 35.5. The molecule has 0 radical (unpaired) electrons. The zero-order valence-corrected chi connectivity index (χ0v) is 11.0. The van der Waals surface area contributed by atoms with Gasteiger partial charge >= 0.3 is 5.97 Å². The van der Waals surface area contributed by atoms with Crippen molar-refractivity contribution >= 4 is 34.1 Å². The van der Waals surface area contributed by atoms with E-state index >= 15 is 0 Å². The number of rotatable bonds is 6. The summed E-state index contributed by atoms with van der Waals surface area (Å²) in [5, 5.41) is 12.3. The third kappa shape index (κ3) is 4.36. The SMILES string of the molecule is CCS(=O)CCNc1ccc(Cl)cc1C(=O)O. The standard InChI is InChI=1S/C11H14ClNO3S/c1-2-17(16)6-5-13-10-4-3-8(12)7-9(10)11(14)15/h3-4,7,13H,2,5-6H2,1H3,(H,14,15). The molecule has 6 heteroatoms. The number of nitrogens with one attached hydrogen (secondary N) is 1.